The number of Topliss-reactive ketones (excluding diaryl/α,β-unsaturated/α-hetero) is 1. The summed E-state index contributed by atoms with van der Waals surface area (Å²) in [5.41, 5.74) is 0.817. The number of halogens is 3. The van der Waals surface area contributed by atoms with E-state index >= 15 is 0 Å². The predicted molar refractivity (Wildman–Crippen MR) is 132 cm³/mol. The number of nitrogens with one attached hydrogen (secondary N) is 2. The minimum atomic E-state index is -0.737. The van der Waals surface area contributed by atoms with E-state index in [0.29, 0.717) is 35.4 Å². The molecule has 2 aromatic heterocycles. The summed E-state index contributed by atoms with van der Waals surface area (Å²) < 4.78 is 23.3. The van der Waals surface area contributed by atoms with E-state index in [0.717, 1.165) is 11.3 Å². The molecule has 1 saturated heterocycles. The first-order valence-electron chi connectivity index (χ1n) is 11.1. The molecular weight excluding hydrogens is 522 g/mol. The fourth-order valence-electron chi connectivity index (χ4n) is 3.92. The van der Waals surface area contributed by atoms with Gasteiger partial charge in [-0.2, -0.15) is 0 Å². The number of hydrogen-bond donors (Lipinski definition) is 2. The molecule has 2 N–H and O–H groups in total. The normalized spacial score (nSPS) is 17.9. The fourth-order valence-corrected chi connectivity index (χ4v) is 5.35. The number of methoxy groups -OCH3 is 1. The quantitative estimate of drug-likeness (QED) is 0.339. The number of aromatic amines is 1. The van der Waals surface area contributed by atoms with Gasteiger partial charge >= 0.3 is 5.97 Å². The van der Waals surface area contributed by atoms with Crippen molar-refractivity contribution in [2.75, 3.05) is 44.9 Å². The Kier molecular flexibility index (Phi) is 9.51. The summed E-state index contributed by atoms with van der Waals surface area (Å²) in [4.78, 5) is 47.0. The molecule has 2 aromatic rings. The number of hydrogen-bond acceptors (Lipinski definition) is 8. The average molecular weight is 549 g/mol. The van der Waals surface area contributed by atoms with E-state index in [1.807, 2.05) is 4.90 Å². The van der Waals surface area contributed by atoms with Gasteiger partial charge in [0.25, 0.3) is 5.91 Å². The molecule has 1 amide bonds. The summed E-state index contributed by atoms with van der Waals surface area (Å²) in [6.45, 7) is 3.54. The summed E-state index contributed by atoms with van der Waals surface area (Å²) in [5.74, 6) is -1.55. The zero-order valence-electron chi connectivity index (χ0n) is 19.6. The fraction of sp³-hybridized carbons (Fsp3) is 0.545. The molecule has 1 aliphatic heterocycles. The third-order valence-electron chi connectivity index (χ3n) is 5.72. The zero-order valence-corrected chi connectivity index (χ0v) is 21.9. The van der Waals surface area contributed by atoms with Crippen LogP contribution in [0.5, 0.6) is 0 Å². The molecule has 1 fully saturated rings. The molecule has 3 rings (SSSR count). The van der Waals surface area contributed by atoms with Crippen molar-refractivity contribution in [3.8, 4) is 0 Å². The molecule has 1 aliphatic rings. The highest BCUT2D eigenvalue weighted by molar-refractivity contribution is 7.17. The smallest absolute Gasteiger partial charge is 0.350 e. The molecule has 0 bridgehead atoms. The van der Waals surface area contributed by atoms with E-state index in [1.165, 1.54) is 0 Å². The summed E-state index contributed by atoms with van der Waals surface area (Å²) in [6.07, 6.45) is 0.509. The number of ether oxygens (including phenoxy) is 2. The van der Waals surface area contributed by atoms with Crippen LogP contribution in [0, 0.1) is 12.8 Å². The molecule has 2 atom stereocenters. The first kappa shape index (κ1) is 27.4. The first-order chi connectivity index (χ1) is 16.7. The Morgan fingerprint density at radius 3 is 2.66 bits per heavy atom. The third kappa shape index (κ3) is 6.14. The molecule has 13 heteroatoms. The number of aromatic nitrogens is 2. The Labute approximate surface area is 216 Å². The van der Waals surface area contributed by atoms with Gasteiger partial charge in [0.15, 0.2) is 16.6 Å². The number of piperidine rings is 1. The van der Waals surface area contributed by atoms with Crippen molar-refractivity contribution < 1.29 is 28.2 Å². The lowest BCUT2D eigenvalue weighted by Gasteiger charge is -2.37. The number of alkyl halides is 1. The Balaban J connectivity index is 1.76. The summed E-state index contributed by atoms with van der Waals surface area (Å²) in [7, 11) is 1.57. The first-order valence-corrected chi connectivity index (χ1v) is 12.7. The summed E-state index contributed by atoms with van der Waals surface area (Å²) >= 11 is 13.3. The van der Waals surface area contributed by atoms with Crippen molar-refractivity contribution in [1.82, 2.24) is 15.3 Å². The number of thiazole rings is 1. The Morgan fingerprint density at radius 1 is 1.31 bits per heavy atom. The molecule has 0 aromatic carbocycles. The van der Waals surface area contributed by atoms with Crippen LogP contribution in [-0.4, -0.2) is 73.8 Å². The van der Waals surface area contributed by atoms with Crippen molar-refractivity contribution in [3.05, 3.63) is 32.0 Å². The number of nitrogens with zero attached hydrogens (tertiary/aromatic N) is 2. The Morgan fingerprint density at radius 2 is 2.06 bits per heavy atom. The van der Waals surface area contributed by atoms with Crippen LogP contribution in [0.1, 0.15) is 56.1 Å². The maximum atomic E-state index is 12.9. The number of carbonyl (C=O) groups is 3. The van der Waals surface area contributed by atoms with Crippen LogP contribution in [0.15, 0.2) is 0 Å². The number of carbonyl (C=O) groups excluding carboxylic acids is 3. The second-order valence-electron chi connectivity index (χ2n) is 7.99. The van der Waals surface area contributed by atoms with Crippen molar-refractivity contribution in [2.45, 2.75) is 32.8 Å². The summed E-state index contributed by atoms with van der Waals surface area (Å²) in [6, 6.07) is 0. The Hall–Kier alpha value is -2.21. The number of aryl methyl sites for hydroxylation is 1. The second kappa shape index (κ2) is 12.2. The van der Waals surface area contributed by atoms with Gasteiger partial charge < -0.3 is 24.7 Å². The minimum absolute atomic E-state index is 0.0538. The minimum Gasteiger partial charge on any atom is -0.462 e. The Bertz CT molecular complexity index is 1090. The van der Waals surface area contributed by atoms with Gasteiger partial charge in [-0.25, -0.2) is 14.2 Å². The number of esters is 1. The molecule has 0 radical (unpaired) electrons. The van der Waals surface area contributed by atoms with E-state index < -0.39 is 18.6 Å². The van der Waals surface area contributed by atoms with E-state index in [2.05, 4.69) is 15.3 Å². The molecule has 9 nitrogen and oxygen atoms in total. The lowest BCUT2D eigenvalue weighted by molar-refractivity contribution is 0.0375. The topological polar surface area (TPSA) is 114 Å². The van der Waals surface area contributed by atoms with E-state index in [1.54, 1.807) is 21.0 Å². The number of ketones is 1. The van der Waals surface area contributed by atoms with Gasteiger partial charge in [-0.15, -0.1) is 0 Å². The SMILES string of the molecule is CCOC(=O)c1sc(N2CC[C@@H](CC(=O)c3[nH]c(C)c(Cl)c3Cl)[C@@H](OC)C2)nc1C(=O)NCCF. The maximum absolute atomic E-state index is 12.9. The van der Waals surface area contributed by atoms with Crippen LogP contribution in [0.2, 0.25) is 10.0 Å². The van der Waals surface area contributed by atoms with Gasteiger partial charge in [-0.05, 0) is 26.2 Å². The average Bonchev–Trinajstić information content (AvgIpc) is 3.40. The van der Waals surface area contributed by atoms with Crippen molar-refractivity contribution in [2.24, 2.45) is 5.92 Å². The van der Waals surface area contributed by atoms with Crippen LogP contribution < -0.4 is 10.2 Å². The number of H-pyrrole nitrogens is 1. The van der Waals surface area contributed by atoms with Gasteiger partial charge in [0.05, 0.1) is 22.8 Å². The van der Waals surface area contributed by atoms with Gasteiger partial charge in [0, 0.05) is 38.9 Å². The third-order valence-corrected chi connectivity index (χ3v) is 7.76. The molecule has 3 heterocycles. The lowest BCUT2D eigenvalue weighted by atomic mass is 9.88. The lowest BCUT2D eigenvalue weighted by Crippen LogP contribution is -2.45. The number of rotatable bonds is 10. The van der Waals surface area contributed by atoms with Crippen molar-refractivity contribution in [3.63, 3.8) is 0 Å². The predicted octanol–water partition coefficient (Wildman–Crippen LogP) is 4.08. The van der Waals surface area contributed by atoms with Crippen LogP contribution >= 0.6 is 34.5 Å². The number of anilines is 1. The summed E-state index contributed by atoms with van der Waals surface area (Å²) in [5, 5.41) is 3.39. The largest absolute Gasteiger partial charge is 0.462 e. The molecular formula is C22H27Cl2FN4O5S. The molecule has 0 aliphatic carbocycles. The highest BCUT2D eigenvalue weighted by Crippen LogP contribution is 2.35. The molecule has 192 valence electrons. The molecule has 0 spiro atoms. The van der Waals surface area contributed by atoms with Gasteiger partial charge in [0.2, 0.25) is 0 Å². The van der Waals surface area contributed by atoms with E-state index in [4.69, 9.17) is 32.7 Å². The molecule has 0 saturated carbocycles. The number of amides is 1. The highest BCUT2D eigenvalue weighted by atomic mass is 35.5. The van der Waals surface area contributed by atoms with Crippen LogP contribution in [0.3, 0.4) is 0 Å². The molecule has 35 heavy (non-hydrogen) atoms. The van der Waals surface area contributed by atoms with Crippen LogP contribution in [0.4, 0.5) is 9.52 Å². The van der Waals surface area contributed by atoms with Crippen LogP contribution in [0.25, 0.3) is 0 Å². The maximum Gasteiger partial charge on any atom is 0.350 e. The van der Waals surface area contributed by atoms with E-state index in [-0.39, 0.29) is 58.7 Å². The van der Waals surface area contributed by atoms with Gasteiger partial charge in [-0.3, -0.25) is 9.59 Å². The molecule has 0 unspecified atom stereocenters. The second-order valence-corrected chi connectivity index (χ2v) is 9.72. The monoisotopic (exact) mass is 548 g/mol. The standard InChI is InChI=1S/C22H27Cl2FN4O5S/c1-4-34-21(32)19-18(20(31)26-7-6-25)28-22(35-19)29-8-5-12(14(10-29)33-3)9-13(30)17-16(24)15(23)11(2)27-17/h12,14,27H,4-10H2,1-3H3,(H,26,31)/t12-,14-/m0/s1. The van der Waals surface area contributed by atoms with Crippen molar-refractivity contribution >= 4 is 57.3 Å². The van der Waals surface area contributed by atoms with E-state index in [9.17, 15) is 18.8 Å². The van der Waals surface area contributed by atoms with Gasteiger partial charge in [-0.1, -0.05) is 34.5 Å². The zero-order chi connectivity index (χ0) is 25.7. The van der Waals surface area contributed by atoms with Crippen molar-refractivity contribution in [1.29, 1.82) is 0 Å². The highest BCUT2D eigenvalue weighted by Gasteiger charge is 2.35. The van der Waals surface area contributed by atoms with Gasteiger partial charge in [0.1, 0.15) is 17.2 Å². The van der Waals surface area contributed by atoms with Crippen LogP contribution in [-0.2, 0) is 9.47 Å².